The van der Waals surface area contributed by atoms with Crippen LogP contribution in [0.1, 0.15) is 22.7 Å². The molecule has 1 aliphatic rings. The summed E-state index contributed by atoms with van der Waals surface area (Å²) in [7, 11) is 0. The fraction of sp³-hybridized carbons (Fsp3) is 0.231. The van der Waals surface area contributed by atoms with Gasteiger partial charge in [0.25, 0.3) is 0 Å². The number of nitrogens with zero attached hydrogens (tertiary/aromatic N) is 2. The lowest BCUT2D eigenvalue weighted by Gasteiger charge is -2.38. The van der Waals surface area contributed by atoms with Gasteiger partial charge in [0.05, 0.1) is 6.04 Å². The van der Waals surface area contributed by atoms with Crippen molar-refractivity contribution < 1.29 is 0 Å². The van der Waals surface area contributed by atoms with Gasteiger partial charge in [-0.2, -0.15) is 0 Å². The van der Waals surface area contributed by atoms with Gasteiger partial charge in [-0.15, -0.1) is 0 Å². The highest BCUT2D eigenvalue weighted by atomic mass is 15.3. The Morgan fingerprint density at radius 2 is 1.25 bits per heavy atom. The summed E-state index contributed by atoms with van der Waals surface area (Å²) in [4.78, 5) is 5.17. The predicted octanol–water partition coefficient (Wildman–Crippen LogP) is 5.26. The SMILES string of the molecule is C(=C\[C@@H](c1ccccc1)N1CCN(Cc2ccccc2)CC1)/c1ccccc1. The molecule has 0 bridgehead atoms. The Labute approximate surface area is 168 Å². The van der Waals surface area contributed by atoms with Gasteiger partial charge in [0.2, 0.25) is 0 Å². The third-order valence-electron chi connectivity index (χ3n) is 5.46. The van der Waals surface area contributed by atoms with E-state index in [9.17, 15) is 0 Å². The van der Waals surface area contributed by atoms with Crippen molar-refractivity contribution in [3.8, 4) is 0 Å². The molecule has 2 nitrogen and oxygen atoms in total. The minimum absolute atomic E-state index is 0.320. The van der Waals surface area contributed by atoms with E-state index in [-0.39, 0.29) is 0 Å². The van der Waals surface area contributed by atoms with Crippen molar-refractivity contribution in [1.29, 1.82) is 0 Å². The number of rotatable bonds is 6. The van der Waals surface area contributed by atoms with Gasteiger partial charge in [0.15, 0.2) is 0 Å². The molecule has 0 saturated carbocycles. The van der Waals surface area contributed by atoms with E-state index in [1.807, 2.05) is 0 Å². The maximum atomic E-state index is 2.61. The van der Waals surface area contributed by atoms with Crippen LogP contribution in [0.15, 0.2) is 97.1 Å². The van der Waals surface area contributed by atoms with E-state index in [0.717, 1.165) is 32.7 Å². The van der Waals surface area contributed by atoms with E-state index < -0.39 is 0 Å². The fourth-order valence-electron chi connectivity index (χ4n) is 3.90. The summed E-state index contributed by atoms with van der Waals surface area (Å²) in [5, 5.41) is 0. The van der Waals surface area contributed by atoms with E-state index >= 15 is 0 Å². The molecule has 0 N–H and O–H groups in total. The summed E-state index contributed by atoms with van der Waals surface area (Å²) >= 11 is 0. The maximum Gasteiger partial charge on any atom is 0.0535 e. The molecule has 0 spiro atoms. The number of hydrogen-bond acceptors (Lipinski definition) is 2. The van der Waals surface area contributed by atoms with Crippen molar-refractivity contribution in [2.45, 2.75) is 12.6 Å². The molecule has 3 aromatic carbocycles. The Bertz CT molecular complexity index is 851. The zero-order valence-corrected chi connectivity index (χ0v) is 16.3. The van der Waals surface area contributed by atoms with Crippen LogP contribution in [0.2, 0.25) is 0 Å². The fourth-order valence-corrected chi connectivity index (χ4v) is 3.90. The van der Waals surface area contributed by atoms with Crippen molar-refractivity contribution in [3.05, 3.63) is 114 Å². The van der Waals surface area contributed by atoms with Crippen molar-refractivity contribution in [2.75, 3.05) is 26.2 Å². The first-order chi connectivity index (χ1) is 13.9. The molecule has 28 heavy (non-hydrogen) atoms. The molecule has 4 rings (SSSR count). The topological polar surface area (TPSA) is 6.48 Å². The van der Waals surface area contributed by atoms with Gasteiger partial charge in [0.1, 0.15) is 0 Å². The van der Waals surface area contributed by atoms with Crippen molar-refractivity contribution in [2.24, 2.45) is 0 Å². The van der Waals surface area contributed by atoms with Crippen LogP contribution in [0.3, 0.4) is 0 Å². The van der Waals surface area contributed by atoms with Crippen LogP contribution in [-0.2, 0) is 6.54 Å². The minimum Gasteiger partial charge on any atom is -0.297 e. The Balaban J connectivity index is 1.44. The van der Waals surface area contributed by atoms with Gasteiger partial charge in [-0.1, -0.05) is 103 Å². The van der Waals surface area contributed by atoms with Gasteiger partial charge in [-0.05, 0) is 16.7 Å². The number of piperazine rings is 1. The first kappa shape index (κ1) is 18.7. The van der Waals surface area contributed by atoms with Gasteiger partial charge in [-0.25, -0.2) is 0 Å². The molecule has 2 heteroatoms. The number of benzene rings is 3. The quantitative estimate of drug-likeness (QED) is 0.586. The summed E-state index contributed by atoms with van der Waals surface area (Å²) in [6.45, 7) is 5.44. The van der Waals surface area contributed by atoms with Crippen LogP contribution >= 0.6 is 0 Å². The lowest BCUT2D eigenvalue weighted by molar-refractivity contribution is 0.107. The molecule has 1 heterocycles. The molecule has 1 saturated heterocycles. The second kappa shape index (κ2) is 9.50. The van der Waals surface area contributed by atoms with E-state index in [1.165, 1.54) is 16.7 Å². The zero-order valence-electron chi connectivity index (χ0n) is 16.3. The molecule has 3 aromatic rings. The van der Waals surface area contributed by atoms with Crippen molar-refractivity contribution in [3.63, 3.8) is 0 Å². The monoisotopic (exact) mass is 368 g/mol. The summed E-state index contributed by atoms with van der Waals surface area (Å²) in [6, 6.07) is 32.6. The molecular formula is C26H28N2. The zero-order chi connectivity index (χ0) is 19.0. The molecule has 0 unspecified atom stereocenters. The smallest absolute Gasteiger partial charge is 0.0535 e. The standard InChI is InChI=1S/C26H28N2/c1-4-10-23(11-5-1)16-17-26(25-14-8-3-9-15-25)28-20-18-27(19-21-28)22-24-12-6-2-7-13-24/h1-17,26H,18-22H2/b17-16+/t26-/m0/s1. The third-order valence-corrected chi connectivity index (χ3v) is 5.46. The van der Waals surface area contributed by atoms with Gasteiger partial charge < -0.3 is 0 Å². The molecule has 0 aliphatic carbocycles. The Morgan fingerprint density at radius 3 is 1.89 bits per heavy atom. The lowest BCUT2D eigenvalue weighted by atomic mass is 10.0. The van der Waals surface area contributed by atoms with E-state index in [2.05, 4.69) is 113 Å². The van der Waals surface area contributed by atoms with Crippen LogP contribution in [0.4, 0.5) is 0 Å². The average Bonchev–Trinajstić information content (AvgIpc) is 2.77. The van der Waals surface area contributed by atoms with Gasteiger partial charge in [0, 0.05) is 32.7 Å². The summed E-state index contributed by atoms with van der Waals surface area (Å²) in [5.74, 6) is 0. The highest BCUT2D eigenvalue weighted by Gasteiger charge is 2.23. The Hall–Kier alpha value is -2.68. The summed E-state index contributed by atoms with van der Waals surface area (Å²) < 4.78 is 0. The summed E-state index contributed by atoms with van der Waals surface area (Å²) in [6.07, 6.45) is 4.62. The Kier molecular flexibility index (Phi) is 6.33. The van der Waals surface area contributed by atoms with Crippen LogP contribution < -0.4 is 0 Å². The first-order valence-corrected chi connectivity index (χ1v) is 10.2. The van der Waals surface area contributed by atoms with Crippen molar-refractivity contribution in [1.82, 2.24) is 9.80 Å². The first-order valence-electron chi connectivity index (χ1n) is 10.2. The molecule has 142 valence electrons. The van der Waals surface area contributed by atoms with Gasteiger partial charge >= 0.3 is 0 Å². The third kappa shape index (κ3) is 4.98. The molecule has 1 fully saturated rings. The molecule has 0 radical (unpaired) electrons. The van der Waals surface area contributed by atoms with E-state index in [0.29, 0.717) is 6.04 Å². The molecule has 1 aliphatic heterocycles. The average molecular weight is 369 g/mol. The van der Waals surface area contributed by atoms with Crippen LogP contribution in [0.25, 0.3) is 6.08 Å². The van der Waals surface area contributed by atoms with Crippen molar-refractivity contribution >= 4 is 6.08 Å². The minimum atomic E-state index is 0.320. The second-order valence-corrected chi connectivity index (χ2v) is 7.42. The largest absolute Gasteiger partial charge is 0.297 e. The van der Waals surface area contributed by atoms with Crippen LogP contribution in [0.5, 0.6) is 0 Å². The highest BCUT2D eigenvalue weighted by molar-refractivity contribution is 5.50. The molecule has 1 atom stereocenters. The number of hydrogen-bond donors (Lipinski definition) is 0. The summed E-state index contributed by atoms with van der Waals surface area (Å²) in [5.41, 5.74) is 4.02. The van der Waals surface area contributed by atoms with Crippen LogP contribution in [-0.4, -0.2) is 36.0 Å². The highest BCUT2D eigenvalue weighted by Crippen LogP contribution is 2.25. The van der Waals surface area contributed by atoms with E-state index in [4.69, 9.17) is 0 Å². The molecule has 0 amide bonds. The molecule has 0 aromatic heterocycles. The maximum absolute atomic E-state index is 2.61. The van der Waals surface area contributed by atoms with E-state index in [1.54, 1.807) is 0 Å². The van der Waals surface area contributed by atoms with Gasteiger partial charge in [-0.3, -0.25) is 9.80 Å². The second-order valence-electron chi connectivity index (χ2n) is 7.42. The molecular weight excluding hydrogens is 340 g/mol. The van der Waals surface area contributed by atoms with Crippen LogP contribution in [0, 0.1) is 0 Å². The predicted molar refractivity (Wildman–Crippen MR) is 118 cm³/mol. The Morgan fingerprint density at radius 1 is 0.679 bits per heavy atom. The normalized spacial score (nSPS) is 17.0. The lowest BCUT2D eigenvalue weighted by Crippen LogP contribution is -2.46.